The second-order valence-electron chi connectivity index (χ2n) is 9.34. The number of rotatable bonds is 3. The lowest BCUT2D eigenvalue weighted by Crippen LogP contribution is -2.60. The van der Waals surface area contributed by atoms with E-state index in [9.17, 15) is 14.4 Å². The number of carbonyl (C=O) groups excluding carboxylic acids is 3. The van der Waals surface area contributed by atoms with Crippen LogP contribution >= 0.6 is 0 Å². The average Bonchev–Trinajstić information content (AvgIpc) is 3.44. The largest absolute Gasteiger partial charge is 0.496 e. The minimum Gasteiger partial charge on any atom is -0.496 e. The number of methoxy groups -OCH3 is 2. The van der Waals surface area contributed by atoms with E-state index in [0.717, 1.165) is 0 Å². The van der Waals surface area contributed by atoms with E-state index in [1.807, 2.05) is 0 Å². The van der Waals surface area contributed by atoms with Gasteiger partial charge in [0.2, 0.25) is 0 Å². The molecular weight excluding hydrogens is 444 g/mol. The number of nitrogens with one attached hydrogen (secondary N) is 1. The molecule has 4 rings (SSSR count). The summed E-state index contributed by atoms with van der Waals surface area (Å²) in [5.41, 5.74) is -0.332. The first kappa shape index (κ1) is 23.4. The number of fused-ring (bicyclic) bond motifs is 1. The smallest absolute Gasteiger partial charge is 0.411 e. The maximum absolute atomic E-state index is 13.5. The Hall–Kier alpha value is -3.76. The number of hydrogen-bond acceptors (Lipinski definition) is 9. The van der Waals surface area contributed by atoms with Crippen molar-refractivity contribution < 1.29 is 33.0 Å². The summed E-state index contributed by atoms with van der Waals surface area (Å²) >= 11 is 0. The van der Waals surface area contributed by atoms with E-state index in [2.05, 4.69) is 10.3 Å². The van der Waals surface area contributed by atoms with Crippen molar-refractivity contribution in [1.29, 1.82) is 0 Å². The zero-order valence-electron chi connectivity index (χ0n) is 20.0. The van der Waals surface area contributed by atoms with Crippen molar-refractivity contribution in [2.45, 2.75) is 44.5 Å². The van der Waals surface area contributed by atoms with Gasteiger partial charge in [0.15, 0.2) is 12.2 Å². The molecule has 1 N–H and O–H groups in total. The van der Waals surface area contributed by atoms with Gasteiger partial charge in [-0.25, -0.2) is 14.6 Å². The summed E-state index contributed by atoms with van der Waals surface area (Å²) in [7, 11) is 4.40. The molecule has 1 aromatic carbocycles. The second kappa shape index (κ2) is 8.23. The van der Waals surface area contributed by atoms with Crippen molar-refractivity contribution >= 4 is 23.7 Å². The predicted molar refractivity (Wildman–Crippen MR) is 120 cm³/mol. The number of anilines is 1. The van der Waals surface area contributed by atoms with Crippen LogP contribution in [0.1, 0.15) is 37.6 Å². The maximum Gasteiger partial charge on any atom is 0.411 e. The first-order chi connectivity index (χ1) is 16.0. The lowest BCUT2D eigenvalue weighted by molar-refractivity contribution is -0.145. The number of oxazole rings is 1. The van der Waals surface area contributed by atoms with E-state index in [-0.39, 0.29) is 18.9 Å². The van der Waals surface area contributed by atoms with Gasteiger partial charge >= 0.3 is 12.1 Å². The molecule has 1 fully saturated rings. The summed E-state index contributed by atoms with van der Waals surface area (Å²) in [5.74, 6) is 0.0568. The molecule has 0 unspecified atom stereocenters. The summed E-state index contributed by atoms with van der Waals surface area (Å²) in [6.07, 6.45) is 2.29. The molecule has 0 aliphatic carbocycles. The predicted octanol–water partition coefficient (Wildman–Crippen LogP) is 2.73. The summed E-state index contributed by atoms with van der Waals surface area (Å²) in [6, 6.07) is 2.44. The number of benzene rings is 1. The topological polar surface area (TPSA) is 123 Å². The first-order valence-electron chi connectivity index (χ1n) is 10.7. The van der Waals surface area contributed by atoms with Crippen LogP contribution in [0.15, 0.2) is 29.1 Å². The number of hydrogen-bond donors (Lipinski definition) is 1. The average molecular weight is 472 g/mol. The van der Waals surface area contributed by atoms with Crippen LogP contribution in [0.4, 0.5) is 10.5 Å². The number of amides is 2. The van der Waals surface area contributed by atoms with Crippen LogP contribution in [-0.4, -0.2) is 77.9 Å². The van der Waals surface area contributed by atoms with Crippen LogP contribution < -0.4 is 10.1 Å². The Balaban J connectivity index is 1.74. The molecule has 2 aliphatic heterocycles. The fourth-order valence-electron chi connectivity index (χ4n) is 4.36. The Bertz CT molecular complexity index is 1130. The van der Waals surface area contributed by atoms with Gasteiger partial charge in [-0.15, -0.1) is 0 Å². The minimum atomic E-state index is -1.06. The zero-order chi connectivity index (χ0) is 24.8. The van der Waals surface area contributed by atoms with E-state index in [4.69, 9.17) is 18.6 Å². The quantitative estimate of drug-likeness (QED) is 0.672. The molecule has 182 valence electrons. The van der Waals surface area contributed by atoms with E-state index < -0.39 is 29.4 Å². The third-order valence-corrected chi connectivity index (χ3v) is 6.02. The molecule has 1 saturated heterocycles. The van der Waals surface area contributed by atoms with Gasteiger partial charge in [-0.05, 0) is 26.8 Å². The molecule has 0 bridgehead atoms. The zero-order valence-corrected chi connectivity index (χ0v) is 20.0. The molecule has 34 heavy (non-hydrogen) atoms. The van der Waals surface area contributed by atoms with Crippen LogP contribution in [0.3, 0.4) is 0 Å². The highest BCUT2D eigenvalue weighted by molar-refractivity contribution is 6.04. The van der Waals surface area contributed by atoms with Crippen molar-refractivity contribution in [3.05, 3.63) is 30.3 Å². The van der Waals surface area contributed by atoms with Crippen LogP contribution in [0.25, 0.3) is 11.3 Å². The highest BCUT2D eigenvalue weighted by Crippen LogP contribution is 2.43. The summed E-state index contributed by atoms with van der Waals surface area (Å²) < 4.78 is 21.4. The Morgan fingerprint density at radius 3 is 2.56 bits per heavy atom. The lowest BCUT2D eigenvalue weighted by atomic mass is 9.95. The Kier molecular flexibility index (Phi) is 5.66. The van der Waals surface area contributed by atoms with Gasteiger partial charge in [-0.3, -0.25) is 9.69 Å². The molecule has 0 saturated carbocycles. The molecule has 11 heteroatoms. The molecule has 2 aliphatic rings. The summed E-state index contributed by atoms with van der Waals surface area (Å²) in [6.45, 7) is 5.25. The maximum atomic E-state index is 13.5. The molecule has 0 radical (unpaired) electrons. The van der Waals surface area contributed by atoms with Crippen molar-refractivity contribution in [2.24, 2.45) is 0 Å². The molecule has 2 aromatic rings. The molecule has 3 heterocycles. The first-order valence-corrected chi connectivity index (χ1v) is 10.7. The third-order valence-electron chi connectivity index (χ3n) is 6.02. The Morgan fingerprint density at radius 2 is 1.97 bits per heavy atom. The summed E-state index contributed by atoms with van der Waals surface area (Å²) in [5, 5.41) is 3.38. The number of esters is 1. The van der Waals surface area contributed by atoms with E-state index in [1.54, 1.807) is 40.0 Å². The van der Waals surface area contributed by atoms with Gasteiger partial charge in [0.25, 0.3) is 5.91 Å². The van der Waals surface area contributed by atoms with Crippen molar-refractivity contribution in [3.8, 4) is 17.1 Å². The number of likely N-dealkylation sites (N-methyl/N-ethyl adjacent to an activating group) is 1. The monoisotopic (exact) mass is 472 g/mol. The Morgan fingerprint density at radius 1 is 1.24 bits per heavy atom. The molecule has 2 atom stereocenters. The second-order valence-corrected chi connectivity index (χ2v) is 9.34. The van der Waals surface area contributed by atoms with Gasteiger partial charge in [0.05, 0.1) is 43.8 Å². The number of ether oxygens (including phenoxy) is 3. The highest BCUT2D eigenvalue weighted by atomic mass is 16.6. The van der Waals surface area contributed by atoms with E-state index >= 15 is 0 Å². The van der Waals surface area contributed by atoms with Crippen LogP contribution in [0, 0.1) is 0 Å². The summed E-state index contributed by atoms with van der Waals surface area (Å²) in [4.78, 5) is 45.8. The number of carbonyl (C=O) groups is 3. The van der Waals surface area contributed by atoms with Crippen molar-refractivity contribution in [1.82, 2.24) is 14.8 Å². The molecule has 1 aromatic heterocycles. The van der Waals surface area contributed by atoms with Crippen LogP contribution in [-0.2, 0) is 14.3 Å². The van der Waals surface area contributed by atoms with Crippen LogP contribution in [0.5, 0.6) is 5.75 Å². The number of likely N-dealkylation sites (tertiary alicyclic amines) is 1. The van der Waals surface area contributed by atoms with Gasteiger partial charge < -0.3 is 28.8 Å². The Labute approximate surface area is 196 Å². The molecular formula is C23H28N4O7. The molecule has 11 nitrogen and oxygen atoms in total. The van der Waals surface area contributed by atoms with Gasteiger partial charge in [-0.1, -0.05) is 0 Å². The molecule has 1 spiro atoms. The van der Waals surface area contributed by atoms with Crippen molar-refractivity contribution in [2.75, 3.05) is 33.1 Å². The normalized spacial score (nSPS) is 21.8. The molecule has 2 amide bonds. The standard InChI is InChI=1S/C23H28N4O7/c1-22(2,3)34-21(30)27-11-23(9-16(27)20(29)32-6)25-15-8-17(31-5)14(18-10-24-12-33-18)7-13(15)19(28)26(23)4/h7-8,10,12,16,25H,9,11H2,1-6H3/t16-,23-/m0/s1. The highest BCUT2D eigenvalue weighted by Gasteiger charge is 2.56. The minimum absolute atomic E-state index is 0.0233. The number of nitrogens with zero attached hydrogens (tertiary/aromatic N) is 3. The third kappa shape index (κ3) is 3.91. The number of aromatic nitrogens is 1. The fraction of sp³-hybridized carbons (Fsp3) is 0.478. The van der Waals surface area contributed by atoms with Crippen molar-refractivity contribution in [3.63, 3.8) is 0 Å². The van der Waals surface area contributed by atoms with Crippen LogP contribution in [0.2, 0.25) is 0 Å². The van der Waals surface area contributed by atoms with E-state index in [0.29, 0.717) is 28.3 Å². The lowest BCUT2D eigenvalue weighted by Gasteiger charge is -2.44. The van der Waals surface area contributed by atoms with Gasteiger partial charge in [0.1, 0.15) is 23.1 Å². The van der Waals surface area contributed by atoms with E-state index in [1.165, 1.54) is 36.6 Å². The fourth-order valence-corrected chi connectivity index (χ4v) is 4.36. The van der Waals surface area contributed by atoms with Gasteiger partial charge in [0, 0.05) is 19.5 Å². The van der Waals surface area contributed by atoms with Gasteiger partial charge in [-0.2, -0.15) is 0 Å². The SMILES string of the molecule is COC(=O)[C@@H]1C[C@]2(CN1C(=O)OC(C)(C)C)Nc1cc(OC)c(-c3cnco3)cc1C(=O)N2C.